The molecule has 0 amide bonds. The first-order chi connectivity index (χ1) is 10.4. The van der Waals surface area contributed by atoms with Gasteiger partial charge in [-0.15, -0.1) is 0 Å². The Hall–Kier alpha value is -1.32. The Balaban J connectivity index is 1.70. The monoisotopic (exact) mass is 301 g/mol. The summed E-state index contributed by atoms with van der Waals surface area (Å²) in [7, 11) is 0. The van der Waals surface area contributed by atoms with E-state index in [0.717, 1.165) is 25.3 Å². The zero-order valence-corrected chi connectivity index (χ0v) is 13.4. The van der Waals surface area contributed by atoms with Gasteiger partial charge < -0.3 is 10.1 Å². The number of fused-ring (bicyclic) bond motifs is 1. The number of thiophene rings is 1. The number of hydrogen-bond donors (Lipinski definition) is 1. The van der Waals surface area contributed by atoms with Gasteiger partial charge in [-0.25, -0.2) is 0 Å². The highest BCUT2D eigenvalue weighted by Gasteiger charge is 2.30. The lowest BCUT2D eigenvalue weighted by Crippen LogP contribution is -2.36. The summed E-state index contributed by atoms with van der Waals surface area (Å²) in [5.41, 5.74) is 2.83. The number of para-hydroxylation sites is 1. The summed E-state index contributed by atoms with van der Waals surface area (Å²) in [6, 6.07) is 11.2. The standard InChI is InChI=1S/C18H23NOS/c1-2-10-19-17(8-7-14-9-11-21-13-14)16-12-20-18-6-4-3-5-15(16)18/h3-6,9,11,13,16-17,19H,2,7-8,10,12H2,1H3. The van der Waals surface area contributed by atoms with Crippen molar-refractivity contribution in [3.63, 3.8) is 0 Å². The van der Waals surface area contributed by atoms with Crippen molar-refractivity contribution < 1.29 is 4.74 Å². The van der Waals surface area contributed by atoms with Gasteiger partial charge in [0.2, 0.25) is 0 Å². The molecule has 0 saturated heterocycles. The van der Waals surface area contributed by atoms with Gasteiger partial charge in [0.15, 0.2) is 0 Å². The molecule has 0 fully saturated rings. The zero-order valence-electron chi connectivity index (χ0n) is 12.5. The third kappa shape index (κ3) is 3.47. The van der Waals surface area contributed by atoms with E-state index in [4.69, 9.17) is 4.74 Å². The third-order valence-corrected chi connectivity index (χ3v) is 4.94. The van der Waals surface area contributed by atoms with Crippen LogP contribution in [-0.4, -0.2) is 19.2 Å². The van der Waals surface area contributed by atoms with E-state index >= 15 is 0 Å². The van der Waals surface area contributed by atoms with Gasteiger partial charge in [-0.1, -0.05) is 25.1 Å². The Kier molecular flexibility index (Phi) is 4.94. The van der Waals surface area contributed by atoms with E-state index in [1.54, 1.807) is 11.3 Å². The fourth-order valence-corrected chi connectivity index (χ4v) is 3.76. The number of rotatable bonds is 7. The lowest BCUT2D eigenvalue weighted by atomic mass is 9.89. The highest BCUT2D eigenvalue weighted by atomic mass is 32.1. The van der Waals surface area contributed by atoms with E-state index in [9.17, 15) is 0 Å². The van der Waals surface area contributed by atoms with Crippen LogP contribution in [0.5, 0.6) is 5.75 Å². The van der Waals surface area contributed by atoms with Crippen LogP contribution in [-0.2, 0) is 6.42 Å². The van der Waals surface area contributed by atoms with Crippen molar-refractivity contribution in [1.82, 2.24) is 5.32 Å². The molecule has 3 heteroatoms. The molecule has 1 N–H and O–H groups in total. The number of hydrogen-bond acceptors (Lipinski definition) is 3. The minimum absolute atomic E-state index is 0.478. The van der Waals surface area contributed by atoms with E-state index in [0.29, 0.717) is 12.0 Å². The average molecular weight is 301 g/mol. The molecular weight excluding hydrogens is 278 g/mol. The summed E-state index contributed by atoms with van der Waals surface area (Å²) in [5.74, 6) is 1.55. The van der Waals surface area contributed by atoms with Gasteiger partial charge in [0.1, 0.15) is 5.75 Å². The maximum Gasteiger partial charge on any atom is 0.122 e. The minimum Gasteiger partial charge on any atom is -0.493 e. The lowest BCUT2D eigenvalue weighted by molar-refractivity contribution is 0.291. The van der Waals surface area contributed by atoms with E-state index in [1.165, 1.54) is 24.0 Å². The SMILES string of the molecule is CCCNC(CCc1ccsc1)C1COc2ccccc21. The Labute approximate surface area is 131 Å². The van der Waals surface area contributed by atoms with Crippen LogP contribution in [0.3, 0.4) is 0 Å². The first-order valence-corrected chi connectivity index (χ1v) is 8.79. The summed E-state index contributed by atoms with van der Waals surface area (Å²) in [5, 5.41) is 8.16. The molecule has 0 saturated carbocycles. The van der Waals surface area contributed by atoms with Crippen LogP contribution in [0, 0.1) is 0 Å². The van der Waals surface area contributed by atoms with Gasteiger partial charge >= 0.3 is 0 Å². The fourth-order valence-electron chi connectivity index (χ4n) is 3.05. The molecule has 2 unspecified atom stereocenters. The molecule has 0 bridgehead atoms. The molecule has 3 rings (SSSR count). The van der Waals surface area contributed by atoms with Crippen molar-refractivity contribution in [3.8, 4) is 5.75 Å². The second-order valence-corrected chi connectivity index (χ2v) is 6.47. The van der Waals surface area contributed by atoms with E-state index in [2.05, 4.69) is 53.3 Å². The largest absolute Gasteiger partial charge is 0.493 e. The number of aryl methyl sites for hydroxylation is 1. The molecule has 1 aromatic carbocycles. The van der Waals surface area contributed by atoms with Crippen LogP contribution >= 0.6 is 11.3 Å². The Bertz CT molecular complexity index is 552. The van der Waals surface area contributed by atoms with Crippen LogP contribution in [0.15, 0.2) is 41.1 Å². The smallest absolute Gasteiger partial charge is 0.122 e. The van der Waals surface area contributed by atoms with Gasteiger partial charge in [-0.05, 0) is 54.3 Å². The molecule has 112 valence electrons. The van der Waals surface area contributed by atoms with Crippen LogP contribution < -0.4 is 10.1 Å². The molecule has 21 heavy (non-hydrogen) atoms. The molecule has 2 atom stereocenters. The zero-order chi connectivity index (χ0) is 14.5. The first kappa shape index (κ1) is 14.6. The Morgan fingerprint density at radius 1 is 1.33 bits per heavy atom. The summed E-state index contributed by atoms with van der Waals surface area (Å²) >= 11 is 1.78. The van der Waals surface area contributed by atoms with Gasteiger partial charge in [-0.2, -0.15) is 11.3 Å². The van der Waals surface area contributed by atoms with Crippen molar-refractivity contribution in [2.75, 3.05) is 13.2 Å². The number of ether oxygens (including phenoxy) is 1. The molecule has 1 aliphatic rings. The van der Waals surface area contributed by atoms with Crippen LogP contribution in [0.25, 0.3) is 0 Å². The Morgan fingerprint density at radius 3 is 3.05 bits per heavy atom. The highest BCUT2D eigenvalue weighted by Crippen LogP contribution is 2.36. The van der Waals surface area contributed by atoms with E-state index in [1.807, 2.05) is 0 Å². The molecule has 0 radical (unpaired) electrons. The fraction of sp³-hybridized carbons (Fsp3) is 0.444. The summed E-state index contributed by atoms with van der Waals surface area (Å²) in [6.45, 7) is 4.11. The second-order valence-electron chi connectivity index (χ2n) is 5.69. The summed E-state index contributed by atoms with van der Waals surface area (Å²) in [6.07, 6.45) is 3.48. The molecule has 2 heterocycles. The predicted molar refractivity (Wildman–Crippen MR) is 89.4 cm³/mol. The molecule has 2 aromatic rings. The minimum atomic E-state index is 0.478. The lowest BCUT2D eigenvalue weighted by Gasteiger charge is -2.24. The number of nitrogens with one attached hydrogen (secondary N) is 1. The van der Waals surface area contributed by atoms with Crippen molar-refractivity contribution in [2.45, 2.75) is 38.1 Å². The van der Waals surface area contributed by atoms with Crippen molar-refractivity contribution >= 4 is 11.3 Å². The number of benzene rings is 1. The van der Waals surface area contributed by atoms with E-state index in [-0.39, 0.29) is 0 Å². The van der Waals surface area contributed by atoms with Gasteiger partial charge in [0.25, 0.3) is 0 Å². The highest BCUT2D eigenvalue weighted by molar-refractivity contribution is 7.07. The van der Waals surface area contributed by atoms with Crippen molar-refractivity contribution in [2.24, 2.45) is 0 Å². The molecule has 1 aliphatic heterocycles. The first-order valence-electron chi connectivity index (χ1n) is 7.84. The normalized spacial score (nSPS) is 18.2. The van der Waals surface area contributed by atoms with Crippen LogP contribution in [0.4, 0.5) is 0 Å². The molecule has 2 nitrogen and oxygen atoms in total. The van der Waals surface area contributed by atoms with Crippen LogP contribution in [0.2, 0.25) is 0 Å². The topological polar surface area (TPSA) is 21.3 Å². The van der Waals surface area contributed by atoms with Crippen LogP contribution in [0.1, 0.15) is 36.8 Å². The third-order valence-electron chi connectivity index (χ3n) is 4.20. The molecular formula is C18H23NOS. The van der Waals surface area contributed by atoms with Crippen molar-refractivity contribution in [1.29, 1.82) is 0 Å². The molecule has 0 spiro atoms. The second kappa shape index (κ2) is 7.10. The molecule has 1 aromatic heterocycles. The van der Waals surface area contributed by atoms with Crippen molar-refractivity contribution in [3.05, 3.63) is 52.2 Å². The van der Waals surface area contributed by atoms with Gasteiger partial charge in [0, 0.05) is 17.5 Å². The summed E-state index contributed by atoms with van der Waals surface area (Å²) in [4.78, 5) is 0. The van der Waals surface area contributed by atoms with Gasteiger partial charge in [0.05, 0.1) is 6.61 Å². The van der Waals surface area contributed by atoms with E-state index < -0.39 is 0 Å². The van der Waals surface area contributed by atoms with Gasteiger partial charge in [-0.3, -0.25) is 0 Å². The quantitative estimate of drug-likeness (QED) is 0.826. The maximum atomic E-state index is 5.87. The molecule has 0 aliphatic carbocycles. The average Bonchev–Trinajstić information content (AvgIpc) is 3.17. The summed E-state index contributed by atoms with van der Waals surface area (Å²) < 4.78 is 5.87. The Morgan fingerprint density at radius 2 is 2.24 bits per heavy atom. The predicted octanol–water partition coefficient (Wildman–Crippen LogP) is 4.23. The maximum absolute atomic E-state index is 5.87.